The van der Waals surface area contributed by atoms with E-state index < -0.39 is 0 Å². The first kappa shape index (κ1) is 15.6. The van der Waals surface area contributed by atoms with Crippen molar-refractivity contribution in [3.8, 4) is 23.3 Å². The van der Waals surface area contributed by atoms with E-state index in [0.717, 1.165) is 17.1 Å². The average Bonchev–Trinajstić information content (AvgIpc) is 2.96. The van der Waals surface area contributed by atoms with Gasteiger partial charge in [0.2, 0.25) is 0 Å². The number of ether oxygens (including phenoxy) is 2. The third kappa shape index (κ3) is 3.08. The van der Waals surface area contributed by atoms with Crippen molar-refractivity contribution in [2.75, 3.05) is 7.11 Å². The normalized spacial score (nSPS) is 10.2. The van der Waals surface area contributed by atoms with Crippen LogP contribution in [0.2, 0.25) is 0 Å². The number of nitriles is 1. The van der Waals surface area contributed by atoms with E-state index in [1.54, 1.807) is 11.8 Å². The Hall–Kier alpha value is -3.26. The molecule has 120 valence electrons. The van der Waals surface area contributed by atoms with Crippen molar-refractivity contribution in [3.63, 3.8) is 0 Å². The number of methoxy groups -OCH3 is 1. The van der Waals surface area contributed by atoms with Crippen LogP contribution in [0.15, 0.2) is 54.6 Å². The number of hydrogen-bond acceptors (Lipinski definition) is 4. The van der Waals surface area contributed by atoms with Gasteiger partial charge in [-0.15, -0.1) is 0 Å². The minimum Gasteiger partial charge on any atom is -0.497 e. The van der Waals surface area contributed by atoms with E-state index in [9.17, 15) is 5.26 Å². The predicted octanol–water partition coefficient (Wildman–Crippen LogP) is 3.64. The van der Waals surface area contributed by atoms with Crippen molar-refractivity contribution >= 4 is 0 Å². The summed E-state index contributed by atoms with van der Waals surface area (Å²) in [4.78, 5) is 0. The van der Waals surface area contributed by atoms with Crippen molar-refractivity contribution in [2.45, 2.75) is 13.5 Å². The Bertz CT molecular complexity index is 862. The van der Waals surface area contributed by atoms with Gasteiger partial charge in [-0.05, 0) is 43.3 Å². The number of aryl methyl sites for hydroxylation is 1. The second kappa shape index (κ2) is 6.88. The molecule has 3 aromatic rings. The van der Waals surface area contributed by atoms with Gasteiger partial charge in [0.25, 0.3) is 0 Å². The van der Waals surface area contributed by atoms with E-state index >= 15 is 0 Å². The quantitative estimate of drug-likeness (QED) is 0.720. The van der Waals surface area contributed by atoms with Crippen molar-refractivity contribution in [1.29, 1.82) is 5.26 Å². The number of hydrogen-bond donors (Lipinski definition) is 0. The monoisotopic (exact) mass is 319 g/mol. The third-order valence-electron chi connectivity index (χ3n) is 3.70. The lowest BCUT2D eigenvalue weighted by molar-refractivity contribution is 0.296. The van der Waals surface area contributed by atoms with Crippen LogP contribution in [0, 0.1) is 18.3 Å². The van der Waals surface area contributed by atoms with Crippen LogP contribution < -0.4 is 9.47 Å². The molecule has 0 N–H and O–H groups in total. The van der Waals surface area contributed by atoms with Crippen LogP contribution in [-0.4, -0.2) is 16.9 Å². The molecule has 1 heterocycles. The highest BCUT2D eigenvalue weighted by molar-refractivity contribution is 5.43. The van der Waals surface area contributed by atoms with Crippen LogP contribution in [-0.2, 0) is 6.61 Å². The van der Waals surface area contributed by atoms with Crippen molar-refractivity contribution in [3.05, 3.63) is 71.5 Å². The molecule has 5 nitrogen and oxygen atoms in total. The lowest BCUT2D eigenvalue weighted by atomic mass is 10.2. The Morgan fingerprint density at radius 1 is 1.04 bits per heavy atom. The number of aromatic nitrogens is 2. The lowest BCUT2D eigenvalue weighted by Gasteiger charge is -2.10. The number of nitrogens with zero attached hydrogens (tertiary/aromatic N) is 3. The zero-order chi connectivity index (χ0) is 16.9. The molecule has 0 fully saturated rings. The summed E-state index contributed by atoms with van der Waals surface area (Å²) < 4.78 is 12.7. The van der Waals surface area contributed by atoms with E-state index in [-0.39, 0.29) is 6.61 Å². The van der Waals surface area contributed by atoms with E-state index in [1.165, 1.54) is 0 Å². The summed E-state index contributed by atoms with van der Waals surface area (Å²) in [6, 6.07) is 19.3. The zero-order valence-corrected chi connectivity index (χ0v) is 13.6. The second-order valence-corrected chi connectivity index (χ2v) is 5.23. The maximum atomic E-state index is 9.45. The summed E-state index contributed by atoms with van der Waals surface area (Å²) >= 11 is 0. The maximum absolute atomic E-state index is 9.45. The standard InChI is InChI=1S/C19H17N3O2/c1-14-18(12-20)19(22(21-14)15-6-4-3-5-7-15)13-24-17-10-8-16(23-2)9-11-17/h3-11H,13H2,1-2H3. The molecular formula is C19H17N3O2. The summed E-state index contributed by atoms with van der Waals surface area (Å²) in [7, 11) is 1.62. The Labute approximate surface area is 140 Å². The van der Waals surface area contributed by atoms with Gasteiger partial charge < -0.3 is 9.47 Å². The molecule has 0 amide bonds. The van der Waals surface area contributed by atoms with Crippen LogP contribution in [0.4, 0.5) is 0 Å². The first-order valence-electron chi connectivity index (χ1n) is 7.54. The lowest BCUT2D eigenvalue weighted by Crippen LogP contribution is -2.07. The molecule has 5 heteroatoms. The van der Waals surface area contributed by atoms with Crippen LogP contribution in [0.1, 0.15) is 17.0 Å². The number of para-hydroxylation sites is 1. The van der Waals surface area contributed by atoms with Gasteiger partial charge >= 0.3 is 0 Å². The molecule has 1 aromatic heterocycles. The molecule has 0 spiro atoms. The van der Waals surface area contributed by atoms with Gasteiger partial charge in [-0.2, -0.15) is 10.4 Å². The van der Waals surface area contributed by atoms with Gasteiger partial charge in [0, 0.05) is 0 Å². The van der Waals surface area contributed by atoms with Crippen LogP contribution in [0.5, 0.6) is 11.5 Å². The smallest absolute Gasteiger partial charge is 0.132 e. The SMILES string of the molecule is COc1ccc(OCc2c(C#N)c(C)nn2-c2ccccc2)cc1. The molecule has 0 saturated heterocycles. The van der Waals surface area contributed by atoms with Crippen LogP contribution in [0.3, 0.4) is 0 Å². The van der Waals surface area contributed by atoms with Gasteiger partial charge in [0.15, 0.2) is 0 Å². The van der Waals surface area contributed by atoms with E-state index in [2.05, 4.69) is 11.2 Å². The van der Waals surface area contributed by atoms with E-state index in [0.29, 0.717) is 17.0 Å². The molecule has 0 aliphatic rings. The Balaban J connectivity index is 1.90. The summed E-state index contributed by atoms with van der Waals surface area (Å²) in [5.74, 6) is 1.48. The molecule has 0 unspecified atom stereocenters. The van der Waals surface area contributed by atoms with Gasteiger partial charge in [-0.25, -0.2) is 4.68 Å². The Kier molecular flexibility index (Phi) is 4.48. The zero-order valence-electron chi connectivity index (χ0n) is 13.6. The van der Waals surface area contributed by atoms with Gasteiger partial charge in [-0.1, -0.05) is 18.2 Å². The third-order valence-corrected chi connectivity index (χ3v) is 3.70. The Morgan fingerprint density at radius 2 is 1.71 bits per heavy atom. The summed E-state index contributed by atoms with van der Waals surface area (Å²) in [6.07, 6.45) is 0. The van der Waals surface area contributed by atoms with Gasteiger partial charge in [-0.3, -0.25) is 0 Å². The highest BCUT2D eigenvalue weighted by atomic mass is 16.5. The molecule has 2 aromatic carbocycles. The fraction of sp³-hybridized carbons (Fsp3) is 0.158. The topological polar surface area (TPSA) is 60.1 Å². The fourth-order valence-electron chi connectivity index (χ4n) is 2.46. The van der Waals surface area contributed by atoms with Crippen molar-refractivity contribution in [2.24, 2.45) is 0 Å². The molecule has 3 rings (SSSR count). The molecular weight excluding hydrogens is 302 g/mol. The molecule has 0 atom stereocenters. The summed E-state index contributed by atoms with van der Waals surface area (Å²) in [6.45, 7) is 2.08. The Morgan fingerprint density at radius 3 is 2.33 bits per heavy atom. The summed E-state index contributed by atoms with van der Waals surface area (Å²) in [5, 5.41) is 13.9. The molecule has 0 aliphatic carbocycles. The van der Waals surface area contributed by atoms with E-state index in [4.69, 9.17) is 9.47 Å². The number of benzene rings is 2. The minimum absolute atomic E-state index is 0.255. The fourth-order valence-corrected chi connectivity index (χ4v) is 2.46. The minimum atomic E-state index is 0.255. The molecule has 0 radical (unpaired) electrons. The largest absolute Gasteiger partial charge is 0.497 e. The predicted molar refractivity (Wildman–Crippen MR) is 90.3 cm³/mol. The molecule has 24 heavy (non-hydrogen) atoms. The van der Waals surface area contributed by atoms with E-state index in [1.807, 2.05) is 61.5 Å². The van der Waals surface area contributed by atoms with Gasteiger partial charge in [0.05, 0.1) is 24.2 Å². The second-order valence-electron chi connectivity index (χ2n) is 5.23. The summed E-state index contributed by atoms with van der Waals surface area (Å²) in [5.41, 5.74) is 2.87. The first-order chi connectivity index (χ1) is 11.7. The number of rotatable bonds is 5. The van der Waals surface area contributed by atoms with Crippen molar-refractivity contribution < 1.29 is 9.47 Å². The average molecular weight is 319 g/mol. The molecule has 0 bridgehead atoms. The maximum Gasteiger partial charge on any atom is 0.132 e. The first-order valence-corrected chi connectivity index (χ1v) is 7.54. The van der Waals surface area contributed by atoms with Crippen LogP contribution in [0.25, 0.3) is 5.69 Å². The van der Waals surface area contributed by atoms with Crippen molar-refractivity contribution in [1.82, 2.24) is 9.78 Å². The highest BCUT2D eigenvalue weighted by Crippen LogP contribution is 2.22. The van der Waals surface area contributed by atoms with Gasteiger partial charge in [0.1, 0.15) is 29.7 Å². The van der Waals surface area contributed by atoms with Crippen LogP contribution >= 0.6 is 0 Å². The molecule has 0 saturated carbocycles. The highest BCUT2D eigenvalue weighted by Gasteiger charge is 2.16. The molecule has 0 aliphatic heterocycles.